The van der Waals surface area contributed by atoms with Crippen LogP contribution in [0.15, 0.2) is 36.7 Å². The van der Waals surface area contributed by atoms with Crippen LogP contribution in [0.3, 0.4) is 0 Å². The Morgan fingerprint density at radius 1 is 1.32 bits per heavy atom. The van der Waals surface area contributed by atoms with Crippen molar-refractivity contribution in [1.29, 1.82) is 0 Å². The number of rotatable bonds is 8. The number of carbonyl (C=O) groups is 1. The lowest BCUT2D eigenvalue weighted by molar-refractivity contribution is -0.0784. The van der Waals surface area contributed by atoms with Crippen molar-refractivity contribution < 1.29 is 14.3 Å². The molecule has 7 heteroatoms. The number of halogens is 1. The monoisotopic (exact) mass is 386 g/mol. The predicted molar refractivity (Wildman–Crippen MR) is 107 cm³/mol. The van der Waals surface area contributed by atoms with Gasteiger partial charge in [0.05, 0.1) is 36.2 Å². The molecule has 1 aliphatic rings. The summed E-state index contributed by atoms with van der Waals surface area (Å²) in [6, 6.07) is 6.47. The highest BCUT2D eigenvalue weighted by Gasteiger charge is 2.43. The normalized spacial score (nSPS) is 15.2. The number of likely N-dealkylation sites (tertiary alicyclic amines) is 1. The van der Waals surface area contributed by atoms with Gasteiger partial charge in [-0.3, -0.25) is 9.78 Å². The highest BCUT2D eigenvalue weighted by molar-refractivity contribution is 6.00. The van der Waals surface area contributed by atoms with Crippen molar-refractivity contribution in [2.45, 2.75) is 32.3 Å². The molecule has 0 atom stereocenters. The molecule has 1 saturated heterocycles. The van der Waals surface area contributed by atoms with E-state index in [0.29, 0.717) is 17.8 Å². The maximum Gasteiger partial charge on any atom is 0.256 e. The van der Waals surface area contributed by atoms with Crippen LogP contribution < -0.4 is 10.6 Å². The van der Waals surface area contributed by atoms with E-state index in [4.69, 9.17) is 0 Å². The van der Waals surface area contributed by atoms with Gasteiger partial charge in [0.1, 0.15) is 11.4 Å². The summed E-state index contributed by atoms with van der Waals surface area (Å²) in [6.45, 7) is 5.79. The predicted octanol–water partition coefficient (Wildman–Crippen LogP) is 2.85. The van der Waals surface area contributed by atoms with E-state index in [1.54, 1.807) is 23.1 Å². The zero-order chi connectivity index (χ0) is 20.1. The zero-order valence-corrected chi connectivity index (χ0v) is 16.3. The average Bonchev–Trinajstić information content (AvgIpc) is 2.65. The second kappa shape index (κ2) is 8.67. The van der Waals surface area contributed by atoms with E-state index in [1.165, 1.54) is 18.5 Å². The largest absolute Gasteiger partial charge is 0.385 e. The van der Waals surface area contributed by atoms with Gasteiger partial charge < -0.3 is 20.6 Å². The maximum absolute atomic E-state index is 14.2. The molecule has 0 aliphatic carbocycles. The van der Waals surface area contributed by atoms with Crippen molar-refractivity contribution in [2.75, 3.05) is 31.5 Å². The number of unbranched alkanes of at least 4 members (excludes halogenated alkanes) is 1. The summed E-state index contributed by atoms with van der Waals surface area (Å²) in [5.74, 6) is -0.602. The maximum atomic E-state index is 14.2. The van der Waals surface area contributed by atoms with Gasteiger partial charge in [0.2, 0.25) is 0 Å². The number of nitrogens with one attached hydrogen (secondary N) is 2. The third kappa shape index (κ3) is 4.66. The molecule has 0 saturated carbocycles. The first-order valence-electron chi connectivity index (χ1n) is 9.61. The molecule has 2 heterocycles. The van der Waals surface area contributed by atoms with E-state index < -0.39 is 11.4 Å². The van der Waals surface area contributed by atoms with Gasteiger partial charge in [0.25, 0.3) is 5.91 Å². The minimum Gasteiger partial charge on any atom is -0.385 e. The Kier molecular flexibility index (Phi) is 6.26. The molecule has 1 aromatic heterocycles. The van der Waals surface area contributed by atoms with Gasteiger partial charge >= 0.3 is 0 Å². The summed E-state index contributed by atoms with van der Waals surface area (Å²) in [7, 11) is 0. The Bertz CT molecular complexity index is 837. The van der Waals surface area contributed by atoms with Gasteiger partial charge in [-0.15, -0.1) is 0 Å². The Balaban J connectivity index is 1.65. The molecule has 0 bridgehead atoms. The number of carbonyl (C=O) groups excluding carboxylic acids is 1. The Labute approximate surface area is 164 Å². The van der Waals surface area contributed by atoms with Gasteiger partial charge in [-0.2, -0.15) is 0 Å². The van der Waals surface area contributed by atoms with Crippen LogP contribution in [0.5, 0.6) is 0 Å². The molecule has 3 rings (SSSR count). The van der Waals surface area contributed by atoms with Crippen LogP contribution in [0.2, 0.25) is 0 Å². The van der Waals surface area contributed by atoms with Gasteiger partial charge in [0, 0.05) is 12.7 Å². The second-order valence-electron chi connectivity index (χ2n) is 7.45. The third-order valence-corrected chi connectivity index (χ3v) is 4.86. The van der Waals surface area contributed by atoms with Crippen LogP contribution in [0.1, 0.15) is 35.7 Å². The number of hydrogen-bond donors (Lipinski definition) is 3. The van der Waals surface area contributed by atoms with Crippen LogP contribution >= 0.6 is 0 Å². The van der Waals surface area contributed by atoms with Crippen molar-refractivity contribution in [3.8, 4) is 0 Å². The number of β-amino-alcohol motifs (C(OH)–C–C–N with tert-alkyl or cyclic N) is 1. The van der Waals surface area contributed by atoms with Gasteiger partial charge in [-0.25, -0.2) is 4.39 Å². The number of aliphatic hydroxyl groups is 1. The van der Waals surface area contributed by atoms with E-state index in [1.807, 2.05) is 6.92 Å². The summed E-state index contributed by atoms with van der Waals surface area (Å²) in [5.41, 5.74) is 1.04. The highest BCUT2D eigenvalue weighted by Crippen LogP contribution is 2.27. The lowest BCUT2D eigenvalue weighted by Crippen LogP contribution is -2.67. The van der Waals surface area contributed by atoms with Gasteiger partial charge in [0.15, 0.2) is 0 Å². The molecular formula is C21H27FN4O2. The molecule has 2 aromatic rings. The molecular weight excluding hydrogens is 359 g/mol. The fourth-order valence-corrected chi connectivity index (χ4v) is 3.26. The van der Waals surface area contributed by atoms with Crippen molar-refractivity contribution in [2.24, 2.45) is 0 Å². The molecule has 3 N–H and O–H groups in total. The molecule has 0 radical (unpaired) electrons. The van der Waals surface area contributed by atoms with Gasteiger partial charge in [-0.05, 0) is 43.7 Å². The van der Waals surface area contributed by atoms with E-state index >= 15 is 0 Å². The van der Waals surface area contributed by atoms with Crippen LogP contribution in [0, 0.1) is 12.7 Å². The summed E-state index contributed by atoms with van der Waals surface area (Å²) >= 11 is 0. The Morgan fingerprint density at radius 3 is 2.82 bits per heavy atom. The number of aromatic nitrogens is 1. The van der Waals surface area contributed by atoms with E-state index in [-0.39, 0.29) is 24.7 Å². The average molecular weight is 386 g/mol. The Morgan fingerprint density at radius 2 is 2.11 bits per heavy atom. The van der Waals surface area contributed by atoms with Crippen LogP contribution in [0.4, 0.5) is 15.8 Å². The summed E-state index contributed by atoms with van der Waals surface area (Å²) in [5, 5.41) is 16.7. The smallest absolute Gasteiger partial charge is 0.256 e. The number of benzene rings is 1. The highest BCUT2D eigenvalue weighted by atomic mass is 19.1. The fourth-order valence-electron chi connectivity index (χ4n) is 3.26. The number of anilines is 2. The summed E-state index contributed by atoms with van der Waals surface area (Å²) in [6.07, 6.45) is 5.18. The molecule has 150 valence electrons. The number of nitrogens with zero attached hydrogens (tertiary/aromatic N) is 2. The van der Waals surface area contributed by atoms with Crippen molar-refractivity contribution in [3.05, 3.63) is 53.6 Å². The minimum absolute atomic E-state index is 0.212. The number of aryl methyl sites for hydroxylation is 1. The molecule has 0 unspecified atom stereocenters. The number of pyridine rings is 1. The number of amides is 1. The lowest BCUT2D eigenvalue weighted by atomic mass is 9.93. The molecule has 6 nitrogen and oxygen atoms in total. The molecule has 28 heavy (non-hydrogen) atoms. The van der Waals surface area contributed by atoms with E-state index in [2.05, 4.69) is 22.5 Å². The van der Waals surface area contributed by atoms with Crippen LogP contribution in [0.25, 0.3) is 0 Å². The first kappa shape index (κ1) is 20.2. The molecule has 1 aliphatic heterocycles. The molecule has 1 aromatic carbocycles. The topological polar surface area (TPSA) is 77.5 Å². The SMILES string of the molecule is CCCCNCC1(O)CN(C(=O)c2ccncc2Nc2ccc(C)cc2F)C1. The van der Waals surface area contributed by atoms with Crippen molar-refractivity contribution in [1.82, 2.24) is 15.2 Å². The standard InChI is InChI=1S/C21H27FN4O2/c1-3-4-8-24-12-21(28)13-26(14-21)20(27)16-7-9-23-11-19(16)25-18-6-5-15(2)10-17(18)22/h5-7,9-11,24-25,28H,3-4,8,12-14H2,1-2H3. The summed E-state index contributed by atoms with van der Waals surface area (Å²) < 4.78 is 14.2. The first-order valence-corrected chi connectivity index (χ1v) is 9.61. The van der Waals surface area contributed by atoms with Crippen molar-refractivity contribution in [3.63, 3.8) is 0 Å². The Hall–Kier alpha value is -2.51. The fraction of sp³-hybridized carbons (Fsp3) is 0.429. The van der Waals surface area contributed by atoms with Crippen LogP contribution in [-0.4, -0.2) is 52.7 Å². The van der Waals surface area contributed by atoms with Gasteiger partial charge in [-0.1, -0.05) is 19.4 Å². The third-order valence-electron chi connectivity index (χ3n) is 4.86. The molecule has 0 spiro atoms. The minimum atomic E-state index is -0.896. The number of hydrogen-bond acceptors (Lipinski definition) is 5. The summed E-state index contributed by atoms with van der Waals surface area (Å²) in [4.78, 5) is 18.5. The van der Waals surface area contributed by atoms with E-state index in [0.717, 1.165) is 24.9 Å². The first-order chi connectivity index (χ1) is 13.4. The quantitative estimate of drug-likeness (QED) is 0.608. The zero-order valence-electron chi connectivity index (χ0n) is 16.3. The second-order valence-corrected chi connectivity index (χ2v) is 7.45. The molecule has 1 amide bonds. The van der Waals surface area contributed by atoms with Crippen molar-refractivity contribution >= 4 is 17.3 Å². The lowest BCUT2D eigenvalue weighted by Gasteiger charge is -2.46. The molecule has 1 fully saturated rings. The van der Waals surface area contributed by atoms with E-state index in [9.17, 15) is 14.3 Å². The van der Waals surface area contributed by atoms with Crippen LogP contribution in [-0.2, 0) is 0 Å².